The van der Waals surface area contributed by atoms with Gasteiger partial charge in [-0.3, -0.25) is 14.5 Å². The van der Waals surface area contributed by atoms with Crippen molar-refractivity contribution in [1.29, 1.82) is 0 Å². The Balaban J connectivity index is 1.77. The molecule has 2 saturated heterocycles. The van der Waals surface area contributed by atoms with Gasteiger partial charge in [0.1, 0.15) is 5.60 Å². The van der Waals surface area contributed by atoms with Crippen molar-refractivity contribution in [2.45, 2.75) is 70.6 Å². The lowest BCUT2D eigenvalue weighted by Crippen LogP contribution is -2.55. The largest absolute Gasteiger partial charge is 0.460 e. The number of ether oxygens (including phenoxy) is 2. The Morgan fingerprint density at radius 2 is 1.74 bits per heavy atom. The highest BCUT2D eigenvalue weighted by atomic mass is 35.5. The molecule has 0 bridgehead atoms. The van der Waals surface area contributed by atoms with Gasteiger partial charge in [-0.1, -0.05) is 54.4 Å². The van der Waals surface area contributed by atoms with E-state index < -0.39 is 11.5 Å². The van der Waals surface area contributed by atoms with E-state index in [0.717, 1.165) is 37.2 Å². The fraction of sp³-hybridized carbons (Fsp3) is 0.548. The Hall–Kier alpha value is -2.12. The third kappa shape index (κ3) is 7.75. The van der Waals surface area contributed by atoms with Crippen molar-refractivity contribution in [3.05, 3.63) is 69.7 Å². The third-order valence-corrected chi connectivity index (χ3v) is 8.07. The number of carbonyl (C=O) groups is 2. The molecular weight excluding hydrogens is 535 g/mol. The van der Waals surface area contributed by atoms with Crippen molar-refractivity contribution < 1.29 is 19.1 Å². The standard InChI is InChI=1S/C31H40Cl2N2O4/c1-5-26(20-34-13-15-38-16-14-34)35-29(21-9-11-24(32)12-10-21)27(22-7-6-8-25(33)17-22)18-23(30(35)37)19-28(36)39-31(2,3)4/h6-12,17,23,26-27,29H,5,13-16,18-20H2,1-4H3. The zero-order valence-electron chi connectivity index (χ0n) is 23.4. The average Bonchev–Trinajstić information content (AvgIpc) is 2.88. The molecule has 6 nitrogen and oxygen atoms in total. The lowest BCUT2D eigenvalue weighted by molar-refractivity contribution is -0.162. The van der Waals surface area contributed by atoms with Crippen LogP contribution in [-0.2, 0) is 19.1 Å². The third-order valence-electron chi connectivity index (χ3n) is 7.58. The van der Waals surface area contributed by atoms with E-state index in [1.165, 1.54) is 0 Å². The molecule has 4 atom stereocenters. The molecule has 212 valence electrons. The molecule has 0 spiro atoms. The molecule has 2 heterocycles. The summed E-state index contributed by atoms with van der Waals surface area (Å²) in [6, 6.07) is 15.4. The van der Waals surface area contributed by atoms with Gasteiger partial charge in [0.15, 0.2) is 0 Å². The van der Waals surface area contributed by atoms with E-state index in [9.17, 15) is 9.59 Å². The van der Waals surface area contributed by atoms with Crippen molar-refractivity contribution in [1.82, 2.24) is 9.80 Å². The molecule has 0 aliphatic carbocycles. The molecule has 2 aliphatic heterocycles. The Labute approximate surface area is 242 Å². The lowest BCUT2D eigenvalue weighted by Gasteiger charge is -2.49. The number of hydrogen-bond donors (Lipinski definition) is 0. The first-order valence-electron chi connectivity index (χ1n) is 13.9. The van der Waals surface area contributed by atoms with Crippen molar-refractivity contribution in [2.24, 2.45) is 5.92 Å². The fourth-order valence-electron chi connectivity index (χ4n) is 5.84. The second kappa shape index (κ2) is 13.0. The summed E-state index contributed by atoms with van der Waals surface area (Å²) in [7, 11) is 0. The summed E-state index contributed by atoms with van der Waals surface area (Å²) in [5.74, 6) is -0.907. The van der Waals surface area contributed by atoms with Crippen LogP contribution < -0.4 is 0 Å². The number of hydrogen-bond acceptors (Lipinski definition) is 5. The van der Waals surface area contributed by atoms with Gasteiger partial charge in [0, 0.05) is 47.6 Å². The maximum atomic E-state index is 14.4. The molecule has 39 heavy (non-hydrogen) atoms. The van der Waals surface area contributed by atoms with E-state index in [1.807, 2.05) is 63.2 Å². The summed E-state index contributed by atoms with van der Waals surface area (Å²) < 4.78 is 11.2. The van der Waals surface area contributed by atoms with Gasteiger partial charge in [0.25, 0.3) is 0 Å². The summed E-state index contributed by atoms with van der Waals surface area (Å²) in [6.45, 7) is 11.5. The maximum absolute atomic E-state index is 14.4. The minimum absolute atomic E-state index is 0.000744. The molecule has 4 rings (SSSR count). The molecule has 2 aromatic rings. The van der Waals surface area contributed by atoms with Crippen LogP contribution in [0.3, 0.4) is 0 Å². The van der Waals surface area contributed by atoms with E-state index in [2.05, 4.69) is 22.8 Å². The van der Waals surface area contributed by atoms with E-state index in [0.29, 0.717) is 29.7 Å². The van der Waals surface area contributed by atoms with Crippen LogP contribution in [0, 0.1) is 5.92 Å². The number of piperidine rings is 1. The number of likely N-dealkylation sites (tertiary alicyclic amines) is 1. The molecule has 0 saturated carbocycles. The van der Waals surface area contributed by atoms with E-state index in [4.69, 9.17) is 32.7 Å². The van der Waals surface area contributed by atoms with Crippen molar-refractivity contribution >= 4 is 35.1 Å². The van der Waals surface area contributed by atoms with E-state index in [-0.39, 0.29) is 36.3 Å². The summed E-state index contributed by atoms with van der Waals surface area (Å²) in [5, 5.41) is 1.30. The van der Waals surface area contributed by atoms with Crippen molar-refractivity contribution in [3.8, 4) is 0 Å². The van der Waals surface area contributed by atoms with Crippen LogP contribution in [0.25, 0.3) is 0 Å². The maximum Gasteiger partial charge on any atom is 0.307 e. The first-order chi connectivity index (χ1) is 18.6. The van der Waals surface area contributed by atoms with Gasteiger partial charge in [-0.15, -0.1) is 0 Å². The Kier molecular flexibility index (Phi) is 9.97. The highest BCUT2D eigenvalue weighted by Gasteiger charge is 2.46. The van der Waals surface area contributed by atoms with Gasteiger partial charge < -0.3 is 14.4 Å². The smallest absolute Gasteiger partial charge is 0.307 e. The molecule has 8 heteroatoms. The number of morpholine rings is 1. The number of amides is 1. The Morgan fingerprint density at radius 1 is 1.05 bits per heavy atom. The predicted molar refractivity (Wildman–Crippen MR) is 155 cm³/mol. The zero-order valence-corrected chi connectivity index (χ0v) is 24.9. The highest BCUT2D eigenvalue weighted by Crippen LogP contribution is 2.48. The van der Waals surface area contributed by atoms with Crippen LogP contribution in [0.5, 0.6) is 0 Å². The molecule has 1 amide bonds. The van der Waals surface area contributed by atoms with Gasteiger partial charge in [-0.05, 0) is 69.0 Å². The first-order valence-corrected chi connectivity index (χ1v) is 14.7. The van der Waals surface area contributed by atoms with Crippen LogP contribution in [0.1, 0.15) is 70.0 Å². The molecule has 2 aromatic carbocycles. The first kappa shape index (κ1) is 29.9. The van der Waals surface area contributed by atoms with E-state index in [1.54, 1.807) is 0 Å². The summed E-state index contributed by atoms with van der Waals surface area (Å²) in [6.07, 6.45) is 1.36. The molecule has 0 aromatic heterocycles. The van der Waals surface area contributed by atoms with Gasteiger partial charge in [0.2, 0.25) is 5.91 Å². The summed E-state index contributed by atoms with van der Waals surface area (Å²) in [5.41, 5.74) is 1.46. The van der Waals surface area contributed by atoms with Gasteiger partial charge in [-0.2, -0.15) is 0 Å². The molecule has 2 fully saturated rings. The summed E-state index contributed by atoms with van der Waals surface area (Å²) in [4.78, 5) is 31.8. The second-order valence-corrected chi connectivity index (χ2v) is 12.5. The highest BCUT2D eigenvalue weighted by molar-refractivity contribution is 6.30. The van der Waals surface area contributed by atoms with Crippen LogP contribution in [0.15, 0.2) is 48.5 Å². The fourth-order valence-corrected chi connectivity index (χ4v) is 6.17. The molecule has 4 unspecified atom stereocenters. The SMILES string of the molecule is CCC(CN1CCOCC1)N1C(=O)C(CC(=O)OC(C)(C)C)CC(c2cccc(Cl)c2)C1c1ccc(Cl)cc1. The Morgan fingerprint density at radius 3 is 2.36 bits per heavy atom. The number of benzene rings is 2. The monoisotopic (exact) mass is 574 g/mol. The molecule has 0 N–H and O–H groups in total. The quantitative estimate of drug-likeness (QED) is 0.336. The normalized spacial score (nSPS) is 23.5. The van der Waals surface area contributed by atoms with Crippen LogP contribution in [0.4, 0.5) is 0 Å². The lowest BCUT2D eigenvalue weighted by atomic mass is 9.74. The zero-order chi connectivity index (χ0) is 28.2. The molecular formula is C31H40Cl2N2O4. The second-order valence-electron chi connectivity index (χ2n) is 11.6. The number of halogens is 2. The number of nitrogens with zero attached hydrogens (tertiary/aromatic N) is 2. The van der Waals surface area contributed by atoms with Crippen molar-refractivity contribution in [3.63, 3.8) is 0 Å². The molecule has 0 radical (unpaired) electrons. The minimum atomic E-state index is -0.616. The van der Waals surface area contributed by atoms with Crippen LogP contribution >= 0.6 is 23.2 Å². The molecule has 2 aliphatic rings. The topological polar surface area (TPSA) is 59.1 Å². The van der Waals surface area contributed by atoms with E-state index >= 15 is 0 Å². The Bertz CT molecular complexity index is 1130. The van der Waals surface area contributed by atoms with Crippen molar-refractivity contribution in [2.75, 3.05) is 32.8 Å². The van der Waals surface area contributed by atoms with Crippen LogP contribution in [-0.4, -0.2) is 66.2 Å². The summed E-state index contributed by atoms with van der Waals surface area (Å²) >= 11 is 12.7. The van der Waals surface area contributed by atoms with Crippen LogP contribution in [0.2, 0.25) is 10.0 Å². The van der Waals surface area contributed by atoms with Gasteiger partial charge in [-0.25, -0.2) is 0 Å². The van der Waals surface area contributed by atoms with Gasteiger partial charge >= 0.3 is 5.97 Å². The number of rotatable bonds is 8. The van der Waals surface area contributed by atoms with Gasteiger partial charge in [0.05, 0.1) is 25.7 Å². The number of esters is 1. The predicted octanol–water partition coefficient (Wildman–Crippen LogP) is 6.51. The minimum Gasteiger partial charge on any atom is -0.460 e. The number of carbonyl (C=O) groups excluding carboxylic acids is 2. The average molecular weight is 576 g/mol.